The molecule has 1 aromatic rings. The number of nitrogens with one attached hydrogen (secondary N) is 1. The average molecular weight is 287 g/mol. The van der Waals surface area contributed by atoms with Gasteiger partial charge in [-0.1, -0.05) is 29.8 Å². The van der Waals surface area contributed by atoms with Gasteiger partial charge < -0.3 is 16.0 Å². The number of amides is 2. The van der Waals surface area contributed by atoms with Gasteiger partial charge in [0.2, 0.25) is 11.8 Å². The van der Waals surface area contributed by atoms with Crippen molar-refractivity contribution in [3.8, 4) is 0 Å². The molecule has 1 saturated heterocycles. The van der Waals surface area contributed by atoms with Crippen LogP contribution in [0.3, 0.4) is 0 Å². The second kappa shape index (κ2) is 5.48. The van der Waals surface area contributed by atoms with Crippen LogP contribution < -0.4 is 11.1 Å². The van der Waals surface area contributed by atoms with E-state index in [4.69, 9.17) is 5.73 Å². The van der Waals surface area contributed by atoms with Crippen molar-refractivity contribution < 1.29 is 9.59 Å². The summed E-state index contributed by atoms with van der Waals surface area (Å²) in [6.45, 7) is 2.61. The van der Waals surface area contributed by atoms with Crippen LogP contribution in [0.2, 0.25) is 0 Å². The third-order valence-electron chi connectivity index (χ3n) is 4.21. The summed E-state index contributed by atoms with van der Waals surface area (Å²) in [5.41, 5.74) is 7.92. The summed E-state index contributed by atoms with van der Waals surface area (Å²) in [7, 11) is 0. The summed E-state index contributed by atoms with van der Waals surface area (Å²) in [6.07, 6.45) is 2.58. The molecule has 2 fully saturated rings. The third kappa shape index (κ3) is 3.08. The Balaban J connectivity index is 1.58. The van der Waals surface area contributed by atoms with Crippen molar-refractivity contribution in [1.29, 1.82) is 0 Å². The Hall–Kier alpha value is -1.88. The fourth-order valence-corrected chi connectivity index (χ4v) is 2.78. The predicted molar refractivity (Wildman–Crippen MR) is 79.4 cm³/mol. The molecule has 3 N–H and O–H groups in total. The van der Waals surface area contributed by atoms with E-state index in [0.717, 1.165) is 24.0 Å². The topological polar surface area (TPSA) is 75.4 Å². The Bertz CT molecular complexity index is 551. The highest BCUT2D eigenvalue weighted by molar-refractivity contribution is 5.85. The fourth-order valence-electron chi connectivity index (χ4n) is 2.78. The lowest BCUT2D eigenvalue weighted by molar-refractivity contribution is -0.128. The molecule has 1 aliphatic carbocycles. The van der Waals surface area contributed by atoms with Gasteiger partial charge in [-0.2, -0.15) is 0 Å². The minimum atomic E-state index is -0.685. The minimum absolute atomic E-state index is 0.109. The predicted octanol–water partition coefficient (Wildman–Crippen LogP) is 0.874. The molecule has 5 nitrogen and oxygen atoms in total. The molecule has 1 aromatic carbocycles. The summed E-state index contributed by atoms with van der Waals surface area (Å²) in [5.74, 6) is -0.0685. The van der Waals surface area contributed by atoms with Gasteiger partial charge in [0.25, 0.3) is 0 Å². The first-order chi connectivity index (χ1) is 10.0. The number of rotatable bonds is 4. The van der Waals surface area contributed by atoms with Crippen molar-refractivity contribution in [2.75, 3.05) is 6.54 Å². The van der Waals surface area contributed by atoms with Crippen LogP contribution in [0.5, 0.6) is 0 Å². The summed E-state index contributed by atoms with van der Waals surface area (Å²) in [5, 5.41) is 2.91. The molecule has 1 heterocycles. The van der Waals surface area contributed by atoms with Crippen LogP contribution in [-0.2, 0) is 9.59 Å². The lowest BCUT2D eigenvalue weighted by Gasteiger charge is -2.18. The lowest BCUT2D eigenvalue weighted by Crippen LogP contribution is -2.42. The van der Waals surface area contributed by atoms with Gasteiger partial charge >= 0.3 is 0 Å². The molecule has 2 unspecified atom stereocenters. The maximum absolute atomic E-state index is 12.2. The second-order valence-electron chi connectivity index (χ2n) is 6.08. The first-order valence-electron chi connectivity index (χ1n) is 7.46. The minimum Gasteiger partial charge on any atom is -0.349 e. The van der Waals surface area contributed by atoms with Gasteiger partial charge in [0.1, 0.15) is 6.04 Å². The van der Waals surface area contributed by atoms with Crippen LogP contribution in [0.4, 0.5) is 0 Å². The summed E-state index contributed by atoms with van der Waals surface area (Å²) >= 11 is 0. The van der Waals surface area contributed by atoms with Gasteiger partial charge in [-0.3, -0.25) is 9.59 Å². The molecular weight excluding hydrogens is 266 g/mol. The highest BCUT2D eigenvalue weighted by atomic mass is 16.2. The van der Waals surface area contributed by atoms with Gasteiger partial charge in [0.15, 0.2) is 0 Å². The van der Waals surface area contributed by atoms with E-state index < -0.39 is 6.04 Å². The summed E-state index contributed by atoms with van der Waals surface area (Å²) in [4.78, 5) is 26.0. The normalized spacial score (nSPS) is 23.2. The zero-order chi connectivity index (χ0) is 15.0. The number of aryl methyl sites for hydroxylation is 1. The van der Waals surface area contributed by atoms with E-state index in [-0.39, 0.29) is 17.9 Å². The van der Waals surface area contributed by atoms with E-state index in [1.165, 1.54) is 0 Å². The van der Waals surface area contributed by atoms with E-state index in [9.17, 15) is 9.59 Å². The number of carbonyl (C=O) groups excluding carboxylic acids is 2. The standard InChI is InChI=1S/C16H21N3O2/c1-10-2-4-11(5-3-10)15(17)16(21)18-12-8-14(20)19(9-12)13-6-7-13/h2-5,12-13,15H,6-9,17H2,1H3,(H,18,21). The fraction of sp³-hybridized carbons (Fsp3) is 0.500. The van der Waals surface area contributed by atoms with Crippen LogP contribution in [0, 0.1) is 6.92 Å². The average Bonchev–Trinajstić information content (AvgIpc) is 3.23. The summed E-state index contributed by atoms with van der Waals surface area (Å²) < 4.78 is 0. The molecule has 1 saturated carbocycles. The number of hydrogen-bond donors (Lipinski definition) is 2. The van der Waals surface area contributed by atoms with Gasteiger partial charge in [-0.05, 0) is 25.3 Å². The largest absolute Gasteiger partial charge is 0.349 e. The molecule has 0 aromatic heterocycles. The SMILES string of the molecule is Cc1ccc(C(N)C(=O)NC2CC(=O)N(C3CC3)C2)cc1. The van der Waals surface area contributed by atoms with Crippen molar-refractivity contribution in [2.24, 2.45) is 5.73 Å². The molecule has 112 valence electrons. The zero-order valence-electron chi connectivity index (χ0n) is 12.2. The maximum Gasteiger partial charge on any atom is 0.241 e. The Labute approximate surface area is 124 Å². The molecule has 1 aliphatic heterocycles. The van der Waals surface area contributed by atoms with Crippen LogP contribution in [0.1, 0.15) is 36.4 Å². The Morgan fingerprint density at radius 2 is 2.00 bits per heavy atom. The third-order valence-corrected chi connectivity index (χ3v) is 4.21. The van der Waals surface area contributed by atoms with Gasteiger partial charge in [-0.15, -0.1) is 0 Å². The molecule has 21 heavy (non-hydrogen) atoms. The van der Waals surface area contributed by atoms with Crippen molar-refractivity contribution in [3.05, 3.63) is 35.4 Å². The number of nitrogens with two attached hydrogens (primary N) is 1. The highest BCUT2D eigenvalue weighted by Gasteiger charge is 2.40. The Kier molecular flexibility index (Phi) is 3.68. The van der Waals surface area contributed by atoms with Crippen LogP contribution in [0.15, 0.2) is 24.3 Å². The van der Waals surface area contributed by atoms with Crippen molar-refractivity contribution in [2.45, 2.75) is 44.3 Å². The lowest BCUT2D eigenvalue weighted by atomic mass is 10.0. The van der Waals surface area contributed by atoms with Gasteiger partial charge in [0.05, 0.1) is 6.04 Å². The summed E-state index contributed by atoms with van der Waals surface area (Å²) in [6, 6.07) is 7.24. The van der Waals surface area contributed by atoms with E-state index >= 15 is 0 Å². The van der Waals surface area contributed by atoms with Gasteiger partial charge in [-0.25, -0.2) is 0 Å². The van der Waals surface area contributed by atoms with E-state index in [0.29, 0.717) is 19.0 Å². The molecular formula is C16H21N3O2. The number of carbonyl (C=O) groups is 2. The molecule has 2 aliphatic rings. The number of benzene rings is 1. The number of hydrogen-bond acceptors (Lipinski definition) is 3. The van der Waals surface area contributed by atoms with E-state index in [2.05, 4.69) is 5.32 Å². The maximum atomic E-state index is 12.2. The Morgan fingerprint density at radius 3 is 2.62 bits per heavy atom. The van der Waals surface area contributed by atoms with E-state index in [1.807, 2.05) is 36.1 Å². The quantitative estimate of drug-likeness (QED) is 0.863. The number of nitrogens with zero attached hydrogens (tertiary/aromatic N) is 1. The first kappa shape index (κ1) is 14.1. The molecule has 0 spiro atoms. The molecule has 5 heteroatoms. The first-order valence-corrected chi connectivity index (χ1v) is 7.46. The molecule has 0 bridgehead atoms. The highest BCUT2D eigenvalue weighted by Crippen LogP contribution is 2.30. The molecule has 2 atom stereocenters. The van der Waals surface area contributed by atoms with Crippen LogP contribution in [-0.4, -0.2) is 35.3 Å². The number of likely N-dealkylation sites (tertiary alicyclic amines) is 1. The van der Waals surface area contributed by atoms with Crippen molar-refractivity contribution in [3.63, 3.8) is 0 Å². The van der Waals surface area contributed by atoms with E-state index in [1.54, 1.807) is 0 Å². The smallest absolute Gasteiger partial charge is 0.241 e. The Morgan fingerprint density at radius 1 is 1.33 bits per heavy atom. The molecule has 3 rings (SSSR count). The van der Waals surface area contributed by atoms with Crippen molar-refractivity contribution >= 4 is 11.8 Å². The van der Waals surface area contributed by atoms with Crippen LogP contribution in [0.25, 0.3) is 0 Å². The molecule has 2 amide bonds. The van der Waals surface area contributed by atoms with Crippen LogP contribution >= 0.6 is 0 Å². The molecule has 0 radical (unpaired) electrons. The second-order valence-corrected chi connectivity index (χ2v) is 6.08. The van der Waals surface area contributed by atoms with Crippen molar-refractivity contribution in [1.82, 2.24) is 10.2 Å². The van der Waals surface area contributed by atoms with Gasteiger partial charge in [0, 0.05) is 19.0 Å². The monoisotopic (exact) mass is 287 g/mol. The zero-order valence-corrected chi connectivity index (χ0v) is 12.2.